The molecule has 0 aliphatic carbocycles. The van der Waals surface area contributed by atoms with Crippen LogP contribution in [0.2, 0.25) is 5.02 Å². The van der Waals surface area contributed by atoms with Crippen molar-refractivity contribution in [3.63, 3.8) is 0 Å². The zero-order chi connectivity index (χ0) is 32.3. The van der Waals surface area contributed by atoms with E-state index in [9.17, 15) is 24.5 Å². The third-order valence-electron chi connectivity index (χ3n) is 9.09. The number of thiophene rings is 1. The first kappa shape index (κ1) is 29.9. The summed E-state index contributed by atoms with van der Waals surface area (Å²) in [6.45, 7) is 1.01. The number of nitrogens with two attached hydrogens (primary N) is 1. The standard InChI is InChI=1S/C31H25ClF2N8O3S/c32-26-25(18-4-5-21(33)28-24(18)20(11-35)29(37)46-28)22(34)10-19-27(26)45-7-1-6-40(30(19)43)13-15-8-16-2-3-17(9-15)42(16)31(44)41-14-38-39-23(41)12-36/h4-5,10,14-17H,1-3,6-9,13,37H2. The Kier molecular flexibility index (Phi) is 7.50. The van der Waals surface area contributed by atoms with Crippen molar-refractivity contribution < 1.29 is 23.1 Å². The fourth-order valence-electron chi connectivity index (χ4n) is 7.17. The molecule has 2 aromatic heterocycles. The molecule has 46 heavy (non-hydrogen) atoms. The fraction of sp³-hybridized carbons (Fsp3) is 0.355. The van der Waals surface area contributed by atoms with Crippen LogP contribution in [0, 0.1) is 40.2 Å². The van der Waals surface area contributed by atoms with E-state index in [4.69, 9.17) is 22.1 Å². The Morgan fingerprint density at radius 2 is 1.91 bits per heavy atom. The minimum absolute atomic E-state index is 0.0220. The van der Waals surface area contributed by atoms with Gasteiger partial charge in [0.25, 0.3) is 5.91 Å². The number of rotatable bonds is 3. The zero-order valence-corrected chi connectivity index (χ0v) is 25.7. The summed E-state index contributed by atoms with van der Waals surface area (Å²) in [5.74, 6) is -1.81. The summed E-state index contributed by atoms with van der Waals surface area (Å²) in [6, 6.07) is 7.02. The monoisotopic (exact) mass is 662 g/mol. The van der Waals surface area contributed by atoms with Crippen molar-refractivity contribution in [2.24, 2.45) is 5.92 Å². The third-order valence-corrected chi connectivity index (χ3v) is 10.5. The lowest BCUT2D eigenvalue weighted by Gasteiger charge is -2.40. The van der Waals surface area contributed by atoms with Crippen LogP contribution in [0.15, 0.2) is 24.5 Å². The van der Waals surface area contributed by atoms with E-state index in [0.29, 0.717) is 32.4 Å². The quantitative estimate of drug-likeness (QED) is 0.299. The molecular weight excluding hydrogens is 638 g/mol. The lowest BCUT2D eigenvalue weighted by atomic mass is 9.90. The number of halogens is 3. The summed E-state index contributed by atoms with van der Waals surface area (Å²) in [5.41, 5.74) is 6.04. The Labute approximate surface area is 270 Å². The van der Waals surface area contributed by atoms with Gasteiger partial charge in [0.2, 0.25) is 5.82 Å². The van der Waals surface area contributed by atoms with Crippen LogP contribution in [0.3, 0.4) is 0 Å². The van der Waals surface area contributed by atoms with Crippen LogP contribution in [0.5, 0.6) is 5.75 Å². The molecule has 2 unspecified atom stereocenters. The van der Waals surface area contributed by atoms with Gasteiger partial charge in [-0.2, -0.15) is 10.5 Å². The highest BCUT2D eigenvalue weighted by molar-refractivity contribution is 7.23. The van der Waals surface area contributed by atoms with Gasteiger partial charge in [-0.1, -0.05) is 17.7 Å². The van der Waals surface area contributed by atoms with Gasteiger partial charge in [-0.15, -0.1) is 21.5 Å². The Bertz CT molecular complexity index is 2000. The largest absolute Gasteiger partial charge is 0.491 e. The Morgan fingerprint density at radius 1 is 1.15 bits per heavy atom. The molecule has 3 aliphatic heterocycles. The Hall–Kier alpha value is -4.79. The van der Waals surface area contributed by atoms with E-state index < -0.39 is 17.5 Å². The number of fused-ring (bicyclic) bond motifs is 4. The minimum atomic E-state index is -0.821. The number of aromatic nitrogens is 3. The molecule has 3 aliphatic rings. The number of benzene rings is 2. The highest BCUT2D eigenvalue weighted by Crippen LogP contribution is 2.47. The molecule has 5 heterocycles. The van der Waals surface area contributed by atoms with E-state index in [1.807, 2.05) is 12.1 Å². The molecule has 2 fully saturated rings. The number of nitrogens with zero attached hydrogens (tertiary/aromatic N) is 7. The maximum atomic E-state index is 16.0. The molecule has 11 nitrogen and oxygen atoms in total. The molecule has 15 heteroatoms. The zero-order valence-electron chi connectivity index (χ0n) is 24.2. The van der Waals surface area contributed by atoms with Gasteiger partial charge in [-0.05, 0) is 55.7 Å². The van der Waals surface area contributed by atoms with Crippen LogP contribution in [0.4, 0.5) is 18.6 Å². The number of hydrogen-bond donors (Lipinski definition) is 1. The van der Waals surface area contributed by atoms with Crippen LogP contribution in [0.1, 0.15) is 53.8 Å². The molecule has 2 amide bonds. The number of carbonyl (C=O) groups excluding carboxylic acids is 2. The second kappa shape index (κ2) is 11.5. The van der Waals surface area contributed by atoms with Crippen molar-refractivity contribution in [3.05, 3.63) is 58.1 Å². The van der Waals surface area contributed by atoms with E-state index >= 15 is 4.39 Å². The molecule has 2 saturated heterocycles. The van der Waals surface area contributed by atoms with Gasteiger partial charge < -0.3 is 20.3 Å². The van der Waals surface area contributed by atoms with Crippen LogP contribution < -0.4 is 10.5 Å². The van der Waals surface area contributed by atoms with Crippen LogP contribution >= 0.6 is 22.9 Å². The predicted octanol–water partition coefficient (Wildman–Crippen LogP) is 5.55. The summed E-state index contributed by atoms with van der Waals surface area (Å²) in [5, 5.41) is 26.5. The van der Waals surface area contributed by atoms with Crippen LogP contribution in [-0.4, -0.2) is 68.3 Å². The molecule has 0 radical (unpaired) electrons. The number of ether oxygens (including phenoxy) is 1. The highest BCUT2D eigenvalue weighted by atomic mass is 35.5. The molecule has 0 saturated carbocycles. The molecular formula is C31H25ClF2N8O3S. The van der Waals surface area contributed by atoms with Gasteiger partial charge >= 0.3 is 6.03 Å². The minimum Gasteiger partial charge on any atom is -0.491 e. The summed E-state index contributed by atoms with van der Waals surface area (Å²) < 4.78 is 37.9. The summed E-state index contributed by atoms with van der Waals surface area (Å²) >= 11 is 7.68. The van der Waals surface area contributed by atoms with E-state index in [0.717, 1.165) is 36.3 Å². The molecule has 7 rings (SSSR count). The van der Waals surface area contributed by atoms with E-state index in [1.54, 1.807) is 9.80 Å². The van der Waals surface area contributed by atoms with Crippen molar-refractivity contribution in [1.29, 1.82) is 10.5 Å². The second-order valence-corrected chi connectivity index (χ2v) is 13.1. The van der Waals surface area contributed by atoms with Crippen molar-refractivity contribution in [2.45, 2.75) is 44.2 Å². The van der Waals surface area contributed by atoms with Crippen molar-refractivity contribution in [2.75, 3.05) is 25.4 Å². The number of nitrogen functional groups attached to an aromatic ring is 1. The summed E-state index contributed by atoms with van der Waals surface area (Å²) in [6.07, 6.45) is 4.70. The molecule has 234 valence electrons. The number of hydrogen-bond acceptors (Lipinski definition) is 9. The van der Waals surface area contributed by atoms with Gasteiger partial charge in [0.05, 0.1) is 27.5 Å². The van der Waals surface area contributed by atoms with E-state index in [-0.39, 0.29) is 84.6 Å². The van der Waals surface area contributed by atoms with Crippen molar-refractivity contribution in [1.82, 2.24) is 24.6 Å². The smallest absolute Gasteiger partial charge is 0.332 e. The first-order valence-electron chi connectivity index (χ1n) is 14.7. The highest BCUT2D eigenvalue weighted by Gasteiger charge is 2.45. The predicted molar refractivity (Wildman–Crippen MR) is 164 cm³/mol. The molecule has 4 aromatic rings. The fourth-order valence-corrected chi connectivity index (χ4v) is 8.47. The van der Waals surface area contributed by atoms with Crippen molar-refractivity contribution >= 4 is 50.0 Å². The van der Waals surface area contributed by atoms with Crippen LogP contribution in [-0.2, 0) is 0 Å². The molecule has 2 bridgehead atoms. The lowest BCUT2D eigenvalue weighted by Crippen LogP contribution is -2.50. The average molecular weight is 663 g/mol. The molecule has 2 N–H and O–H groups in total. The SMILES string of the molecule is N#Cc1c(N)sc2c(F)ccc(-c3c(F)cc4c(c3Cl)OCCCN(CC3CC5CCC(C3)N5C(=O)n3cnnc3C#N)C4=O)c12. The van der Waals surface area contributed by atoms with E-state index in [2.05, 4.69) is 10.2 Å². The van der Waals surface area contributed by atoms with Crippen molar-refractivity contribution in [3.8, 4) is 29.0 Å². The topological polar surface area (TPSA) is 154 Å². The Balaban J connectivity index is 1.17. The molecule has 0 spiro atoms. The van der Waals surface area contributed by atoms with Crippen LogP contribution in [0.25, 0.3) is 21.2 Å². The average Bonchev–Trinajstić information content (AvgIpc) is 3.72. The summed E-state index contributed by atoms with van der Waals surface area (Å²) in [4.78, 5) is 30.7. The number of amides is 2. The van der Waals surface area contributed by atoms with E-state index in [1.165, 1.54) is 17.0 Å². The molecule has 2 aromatic carbocycles. The first-order chi connectivity index (χ1) is 22.2. The maximum absolute atomic E-state index is 16.0. The van der Waals surface area contributed by atoms with Gasteiger partial charge in [0.1, 0.15) is 35.1 Å². The van der Waals surface area contributed by atoms with Gasteiger partial charge in [-0.25, -0.2) is 18.1 Å². The Morgan fingerprint density at radius 3 is 2.63 bits per heavy atom. The number of anilines is 1. The van der Waals surface area contributed by atoms with Gasteiger partial charge in [-0.3, -0.25) is 4.79 Å². The number of nitriles is 2. The first-order valence-corrected chi connectivity index (χ1v) is 15.9. The normalized spacial score (nSPS) is 20.9. The lowest BCUT2D eigenvalue weighted by molar-refractivity contribution is 0.0618. The summed E-state index contributed by atoms with van der Waals surface area (Å²) in [7, 11) is 0. The number of carbonyl (C=O) groups is 2. The third kappa shape index (κ3) is 4.71. The molecule has 2 atom stereocenters. The van der Waals surface area contributed by atoms with Gasteiger partial charge in [0.15, 0.2) is 5.75 Å². The number of piperidine rings is 1. The van der Waals surface area contributed by atoms with Gasteiger partial charge in [0, 0.05) is 36.1 Å². The second-order valence-electron chi connectivity index (χ2n) is 11.7. The maximum Gasteiger partial charge on any atom is 0.332 e.